The van der Waals surface area contributed by atoms with E-state index in [0.717, 1.165) is 12.5 Å². The van der Waals surface area contributed by atoms with Crippen molar-refractivity contribution in [3.8, 4) is 0 Å². The molecule has 0 aliphatic rings. The van der Waals surface area contributed by atoms with Crippen molar-refractivity contribution in [1.29, 1.82) is 0 Å². The number of halogens is 2. The highest BCUT2D eigenvalue weighted by atomic mass is 19.1. The number of anilines is 2. The van der Waals surface area contributed by atoms with Crippen LogP contribution in [0.2, 0.25) is 0 Å². The molecule has 0 aliphatic heterocycles. The van der Waals surface area contributed by atoms with E-state index in [4.69, 9.17) is 4.52 Å². The highest BCUT2D eigenvalue weighted by molar-refractivity contribution is 5.47. The zero-order chi connectivity index (χ0) is 13.7. The Labute approximate surface area is 109 Å². The lowest BCUT2D eigenvalue weighted by molar-refractivity contribution is 0.387. The zero-order valence-corrected chi connectivity index (χ0v) is 10.4. The lowest BCUT2D eigenvalue weighted by Crippen LogP contribution is -2.09. The lowest BCUT2D eigenvalue weighted by atomic mass is 10.3. The van der Waals surface area contributed by atoms with Crippen LogP contribution < -0.4 is 10.6 Å². The van der Waals surface area contributed by atoms with Crippen LogP contribution in [-0.4, -0.2) is 16.7 Å². The molecule has 5 nitrogen and oxygen atoms in total. The lowest BCUT2D eigenvalue weighted by Gasteiger charge is -2.09. The highest BCUT2D eigenvalue weighted by Crippen LogP contribution is 2.19. The molecule has 2 N–H and O–H groups in total. The van der Waals surface area contributed by atoms with Crippen LogP contribution in [0.3, 0.4) is 0 Å². The van der Waals surface area contributed by atoms with Crippen LogP contribution in [0.5, 0.6) is 0 Å². The summed E-state index contributed by atoms with van der Waals surface area (Å²) in [4.78, 5) is 3.87. The molecular weight excluding hydrogens is 254 g/mol. The van der Waals surface area contributed by atoms with Crippen molar-refractivity contribution >= 4 is 11.6 Å². The zero-order valence-electron chi connectivity index (χ0n) is 10.4. The minimum absolute atomic E-state index is 0.0309. The van der Waals surface area contributed by atoms with Gasteiger partial charge >= 0.3 is 0 Å². The Bertz CT molecular complexity index is 531. The first kappa shape index (κ1) is 13.3. The number of nitrogens with zero attached hydrogens (tertiary/aromatic N) is 2. The van der Waals surface area contributed by atoms with Crippen LogP contribution in [0.4, 0.5) is 20.4 Å². The number of nitrogens with one attached hydrogen (secondary N) is 2. The second kappa shape index (κ2) is 6.12. The first-order valence-electron chi connectivity index (χ1n) is 5.94. The summed E-state index contributed by atoms with van der Waals surface area (Å²) in [5.74, 6) is -0.927. The highest BCUT2D eigenvalue weighted by Gasteiger charge is 2.11. The van der Waals surface area contributed by atoms with Gasteiger partial charge in [0.2, 0.25) is 0 Å². The van der Waals surface area contributed by atoms with Crippen molar-refractivity contribution in [2.24, 2.45) is 0 Å². The summed E-state index contributed by atoms with van der Waals surface area (Å²) in [5.41, 5.74) is 0. The molecule has 0 saturated heterocycles. The van der Waals surface area contributed by atoms with Crippen LogP contribution in [-0.2, 0) is 6.54 Å². The van der Waals surface area contributed by atoms with Gasteiger partial charge in [-0.05, 0) is 6.42 Å². The molecule has 19 heavy (non-hydrogen) atoms. The maximum Gasteiger partial charge on any atom is 0.168 e. The molecular formula is C12H14F2N4O. The van der Waals surface area contributed by atoms with Gasteiger partial charge in [-0.1, -0.05) is 12.1 Å². The quantitative estimate of drug-likeness (QED) is 0.843. The molecule has 0 aliphatic carbocycles. The Morgan fingerprint density at radius 2 is 1.95 bits per heavy atom. The largest absolute Gasteiger partial charge is 0.368 e. The minimum atomic E-state index is -0.751. The van der Waals surface area contributed by atoms with Crippen molar-refractivity contribution in [2.75, 3.05) is 17.2 Å². The summed E-state index contributed by atoms with van der Waals surface area (Å²) in [5, 5.41) is 9.06. The third-order valence-corrected chi connectivity index (χ3v) is 2.39. The molecule has 0 bridgehead atoms. The van der Waals surface area contributed by atoms with Crippen molar-refractivity contribution < 1.29 is 13.3 Å². The van der Waals surface area contributed by atoms with Crippen LogP contribution >= 0.6 is 0 Å². The number of hydrogen-bond acceptors (Lipinski definition) is 5. The molecule has 0 aromatic carbocycles. The average Bonchev–Trinajstić information content (AvgIpc) is 2.90. The molecule has 2 rings (SSSR count). The Balaban J connectivity index is 2.10. The summed E-state index contributed by atoms with van der Waals surface area (Å²) < 4.78 is 31.8. The Morgan fingerprint density at radius 1 is 1.21 bits per heavy atom. The molecule has 0 fully saturated rings. The van der Waals surface area contributed by atoms with Gasteiger partial charge < -0.3 is 15.2 Å². The maximum absolute atomic E-state index is 13.5. The predicted octanol–water partition coefficient (Wildman–Crippen LogP) is 2.78. The summed E-state index contributed by atoms with van der Waals surface area (Å²) >= 11 is 0. The van der Waals surface area contributed by atoms with E-state index in [9.17, 15) is 8.78 Å². The molecule has 0 saturated carbocycles. The van der Waals surface area contributed by atoms with Gasteiger partial charge in [0.25, 0.3) is 0 Å². The van der Waals surface area contributed by atoms with Crippen LogP contribution in [0, 0.1) is 11.6 Å². The topological polar surface area (TPSA) is 63.0 Å². The molecule has 0 radical (unpaired) electrons. The van der Waals surface area contributed by atoms with Gasteiger partial charge in [-0.25, -0.2) is 13.8 Å². The van der Waals surface area contributed by atoms with Crippen LogP contribution in [0.15, 0.2) is 22.9 Å². The third kappa shape index (κ3) is 3.40. The molecule has 0 amide bonds. The number of pyridine rings is 1. The summed E-state index contributed by atoms with van der Waals surface area (Å²) in [6.45, 7) is 2.73. The summed E-state index contributed by atoms with van der Waals surface area (Å²) in [6.07, 6.45) is 2.30. The number of hydrogen-bond donors (Lipinski definition) is 2. The third-order valence-electron chi connectivity index (χ3n) is 2.39. The first-order chi connectivity index (χ1) is 9.20. The van der Waals surface area contributed by atoms with E-state index < -0.39 is 11.6 Å². The predicted molar refractivity (Wildman–Crippen MR) is 66.8 cm³/mol. The molecule has 102 valence electrons. The minimum Gasteiger partial charge on any atom is -0.368 e. The Kier molecular flexibility index (Phi) is 4.27. The van der Waals surface area contributed by atoms with Gasteiger partial charge in [0.15, 0.2) is 29.0 Å². The maximum atomic E-state index is 13.5. The SMILES string of the molecule is CCCNc1nc(NCc2ccno2)c(F)cc1F. The fraction of sp³-hybridized carbons (Fsp3) is 0.333. The molecule has 7 heteroatoms. The smallest absolute Gasteiger partial charge is 0.168 e. The van der Waals surface area contributed by atoms with E-state index in [1.165, 1.54) is 6.20 Å². The Morgan fingerprint density at radius 3 is 2.58 bits per heavy atom. The molecule has 0 unspecified atom stereocenters. The summed E-state index contributed by atoms with van der Waals surface area (Å²) in [7, 11) is 0. The van der Waals surface area contributed by atoms with E-state index in [1.807, 2.05) is 6.92 Å². The normalized spacial score (nSPS) is 10.5. The fourth-order valence-electron chi connectivity index (χ4n) is 1.46. The van der Waals surface area contributed by atoms with E-state index in [2.05, 4.69) is 20.8 Å². The fourth-order valence-corrected chi connectivity index (χ4v) is 1.46. The van der Waals surface area contributed by atoms with E-state index >= 15 is 0 Å². The molecule has 0 spiro atoms. The molecule has 2 heterocycles. The van der Waals surface area contributed by atoms with E-state index in [1.54, 1.807) is 6.07 Å². The molecule has 2 aromatic rings. The van der Waals surface area contributed by atoms with Gasteiger partial charge in [0.05, 0.1) is 12.7 Å². The van der Waals surface area contributed by atoms with Gasteiger partial charge in [-0.2, -0.15) is 0 Å². The van der Waals surface area contributed by atoms with Crippen molar-refractivity contribution in [2.45, 2.75) is 19.9 Å². The summed E-state index contributed by atoms with van der Waals surface area (Å²) in [6, 6.07) is 2.44. The van der Waals surface area contributed by atoms with Crippen LogP contribution in [0.1, 0.15) is 19.1 Å². The monoisotopic (exact) mass is 268 g/mol. The molecule has 0 atom stereocenters. The van der Waals surface area contributed by atoms with E-state index in [-0.39, 0.29) is 18.2 Å². The molecule has 2 aromatic heterocycles. The second-order valence-corrected chi connectivity index (χ2v) is 3.91. The van der Waals surface area contributed by atoms with Gasteiger partial charge in [-0.3, -0.25) is 0 Å². The van der Waals surface area contributed by atoms with Crippen molar-refractivity contribution in [3.63, 3.8) is 0 Å². The van der Waals surface area contributed by atoms with Crippen LogP contribution in [0.25, 0.3) is 0 Å². The van der Waals surface area contributed by atoms with Gasteiger partial charge in [0.1, 0.15) is 0 Å². The second-order valence-electron chi connectivity index (χ2n) is 3.91. The number of rotatable bonds is 6. The van der Waals surface area contributed by atoms with Crippen molar-refractivity contribution in [1.82, 2.24) is 10.1 Å². The van der Waals surface area contributed by atoms with Gasteiger partial charge in [0, 0.05) is 18.7 Å². The van der Waals surface area contributed by atoms with E-state index in [0.29, 0.717) is 12.3 Å². The van der Waals surface area contributed by atoms with Crippen molar-refractivity contribution in [3.05, 3.63) is 35.7 Å². The first-order valence-corrected chi connectivity index (χ1v) is 5.94. The standard InChI is InChI=1S/C12H14F2N4O/c1-2-4-15-11-9(13)6-10(14)12(18-11)16-7-8-3-5-17-19-8/h3,5-6H,2,4,7H2,1H3,(H2,15,16,18). The van der Waals surface area contributed by atoms with Gasteiger partial charge in [-0.15, -0.1) is 0 Å². The average molecular weight is 268 g/mol. The Hall–Kier alpha value is -2.18. The number of aromatic nitrogens is 2.